The van der Waals surface area contributed by atoms with E-state index in [1.54, 1.807) is 0 Å². The van der Waals surface area contributed by atoms with E-state index in [9.17, 15) is 0 Å². The van der Waals surface area contributed by atoms with Gasteiger partial charge >= 0.3 is 0 Å². The molecule has 0 saturated carbocycles. The average molecular weight is 201 g/mol. The summed E-state index contributed by atoms with van der Waals surface area (Å²) in [6.45, 7) is 4.38. The van der Waals surface area contributed by atoms with Crippen LogP contribution in [0.3, 0.4) is 0 Å². The highest BCUT2D eigenvalue weighted by Gasteiger charge is 2.14. The predicted octanol–water partition coefficient (Wildman–Crippen LogP) is 2.58. The van der Waals surface area contributed by atoms with Gasteiger partial charge in [0.25, 0.3) is 0 Å². The monoisotopic (exact) mass is 201 g/mol. The number of hydrogen-bond donors (Lipinski definition) is 0. The molecule has 1 aromatic heterocycles. The summed E-state index contributed by atoms with van der Waals surface area (Å²) in [6.07, 6.45) is 0. The Bertz CT molecular complexity index is 500. The van der Waals surface area contributed by atoms with Crippen molar-refractivity contribution in [1.29, 1.82) is 0 Å². The molecule has 0 bridgehead atoms. The van der Waals surface area contributed by atoms with Gasteiger partial charge in [-0.15, -0.1) is 0 Å². The minimum atomic E-state index is 0.309. The van der Waals surface area contributed by atoms with Crippen LogP contribution < -0.4 is 9.47 Å². The first-order valence-electron chi connectivity index (χ1n) is 4.91. The number of benzene rings is 1. The van der Waals surface area contributed by atoms with E-state index in [1.165, 1.54) is 5.56 Å². The highest BCUT2D eigenvalue weighted by molar-refractivity contribution is 5.83. The van der Waals surface area contributed by atoms with Gasteiger partial charge in [0, 0.05) is 17.1 Å². The summed E-state index contributed by atoms with van der Waals surface area (Å²) in [6, 6.07) is 6.04. The molecule has 0 aliphatic carbocycles. The van der Waals surface area contributed by atoms with E-state index in [2.05, 4.69) is 18.0 Å². The molecule has 3 heteroatoms. The number of ether oxygens (including phenoxy) is 2. The van der Waals surface area contributed by atoms with Gasteiger partial charge in [0.15, 0.2) is 11.5 Å². The van der Waals surface area contributed by atoms with Gasteiger partial charge in [0.05, 0.1) is 5.52 Å². The number of pyridine rings is 1. The minimum absolute atomic E-state index is 0.309. The highest BCUT2D eigenvalue weighted by Crippen LogP contribution is 2.35. The largest absolute Gasteiger partial charge is 0.454 e. The molecule has 2 aromatic rings. The second-order valence-corrected chi connectivity index (χ2v) is 3.79. The van der Waals surface area contributed by atoms with Gasteiger partial charge in [-0.3, -0.25) is 4.98 Å². The first kappa shape index (κ1) is 8.53. The van der Waals surface area contributed by atoms with Crippen LogP contribution in [0.15, 0.2) is 18.2 Å². The standard InChI is InChI=1S/C12H11NO2/c1-7-3-9-4-11-12(15-6-14-11)5-10(9)13-8(7)2/h3-5H,6H2,1-2H3. The topological polar surface area (TPSA) is 31.4 Å². The molecule has 0 amide bonds. The van der Waals surface area contributed by atoms with E-state index in [1.807, 2.05) is 19.1 Å². The fourth-order valence-electron chi connectivity index (χ4n) is 1.77. The van der Waals surface area contributed by atoms with Crippen LogP contribution in [0, 0.1) is 13.8 Å². The third-order valence-electron chi connectivity index (χ3n) is 2.75. The smallest absolute Gasteiger partial charge is 0.231 e. The summed E-state index contributed by atoms with van der Waals surface area (Å²) in [5.74, 6) is 1.60. The Morgan fingerprint density at radius 1 is 1.07 bits per heavy atom. The van der Waals surface area contributed by atoms with E-state index in [0.29, 0.717) is 6.79 Å². The first-order valence-corrected chi connectivity index (χ1v) is 4.91. The maximum atomic E-state index is 5.33. The summed E-state index contributed by atoms with van der Waals surface area (Å²) in [5.41, 5.74) is 3.21. The van der Waals surface area contributed by atoms with E-state index < -0.39 is 0 Å². The molecule has 0 spiro atoms. The molecule has 1 aromatic carbocycles. The Balaban J connectivity index is 2.34. The van der Waals surface area contributed by atoms with Crippen LogP contribution in [-0.4, -0.2) is 11.8 Å². The fraction of sp³-hybridized carbons (Fsp3) is 0.250. The van der Waals surface area contributed by atoms with Crippen molar-refractivity contribution in [2.24, 2.45) is 0 Å². The first-order chi connectivity index (χ1) is 7.24. The van der Waals surface area contributed by atoms with Crippen molar-refractivity contribution in [3.8, 4) is 11.5 Å². The van der Waals surface area contributed by atoms with Crippen LogP contribution in [0.1, 0.15) is 11.3 Å². The Kier molecular flexibility index (Phi) is 1.63. The molecule has 76 valence electrons. The zero-order chi connectivity index (χ0) is 10.4. The number of nitrogens with zero attached hydrogens (tertiary/aromatic N) is 1. The van der Waals surface area contributed by atoms with E-state index in [4.69, 9.17) is 9.47 Å². The summed E-state index contributed by atoms with van der Waals surface area (Å²) in [5, 5.41) is 1.10. The van der Waals surface area contributed by atoms with Crippen molar-refractivity contribution < 1.29 is 9.47 Å². The molecule has 2 heterocycles. The molecule has 0 radical (unpaired) electrons. The molecule has 15 heavy (non-hydrogen) atoms. The van der Waals surface area contributed by atoms with Gasteiger partial charge in [-0.2, -0.15) is 0 Å². The number of aromatic nitrogens is 1. The van der Waals surface area contributed by atoms with Crippen LogP contribution in [0.5, 0.6) is 11.5 Å². The Labute approximate surface area is 87.6 Å². The van der Waals surface area contributed by atoms with Gasteiger partial charge in [0.2, 0.25) is 6.79 Å². The second kappa shape index (κ2) is 2.86. The van der Waals surface area contributed by atoms with Crippen LogP contribution in [0.25, 0.3) is 10.9 Å². The maximum absolute atomic E-state index is 5.33. The lowest BCUT2D eigenvalue weighted by molar-refractivity contribution is 0.174. The zero-order valence-electron chi connectivity index (χ0n) is 8.70. The van der Waals surface area contributed by atoms with Crippen LogP contribution >= 0.6 is 0 Å². The Hall–Kier alpha value is -1.77. The quantitative estimate of drug-likeness (QED) is 0.656. The fourth-order valence-corrected chi connectivity index (χ4v) is 1.77. The highest BCUT2D eigenvalue weighted by atomic mass is 16.7. The van der Waals surface area contributed by atoms with Crippen LogP contribution in [0.4, 0.5) is 0 Å². The van der Waals surface area contributed by atoms with Crippen LogP contribution in [0.2, 0.25) is 0 Å². The SMILES string of the molecule is Cc1cc2cc3c(cc2nc1C)OCO3. The lowest BCUT2D eigenvalue weighted by Gasteiger charge is -2.04. The van der Waals surface area contributed by atoms with Crippen molar-refractivity contribution in [3.63, 3.8) is 0 Å². The number of fused-ring (bicyclic) bond motifs is 2. The third kappa shape index (κ3) is 1.23. The van der Waals surface area contributed by atoms with Gasteiger partial charge < -0.3 is 9.47 Å². The molecule has 0 unspecified atom stereocenters. The van der Waals surface area contributed by atoms with Gasteiger partial charge in [-0.25, -0.2) is 0 Å². The average Bonchev–Trinajstić information content (AvgIpc) is 2.63. The summed E-state index contributed by atoms with van der Waals surface area (Å²) >= 11 is 0. The van der Waals surface area contributed by atoms with Gasteiger partial charge in [-0.1, -0.05) is 0 Å². The van der Waals surface area contributed by atoms with E-state index in [0.717, 1.165) is 28.1 Å². The Morgan fingerprint density at radius 2 is 1.80 bits per heavy atom. The zero-order valence-corrected chi connectivity index (χ0v) is 8.70. The summed E-state index contributed by atoms with van der Waals surface area (Å²) < 4.78 is 10.6. The molecule has 0 atom stereocenters. The maximum Gasteiger partial charge on any atom is 0.231 e. The lowest BCUT2D eigenvalue weighted by Crippen LogP contribution is -1.92. The van der Waals surface area contributed by atoms with Crippen molar-refractivity contribution >= 4 is 10.9 Å². The number of rotatable bonds is 0. The van der Waals surface area contributed by atoms with Gasteiger partial charge in [-0.05, 0) is 31.5 Å². The van der Waals surface area contributed by atoms with Crippen molar-refractivity contribution in [2.75, 3.05) is 6.79 Å². The molecule has 0 saturated heterocycles. The molecular formula is C12H11NO2. The van der Waals surface area contributed by atoms with E-state index >= 15 is 0 Å². The number of aryl methyl sites for hydroxylation is 2. The minimum Gasteiger partial charge on any atom is -0.454 e. The molecule has 0 N–H and O–H groups in total. The third-order valence-corrected chi connectivity index (χ3v) is 2.75. The normalized spacial score (nSPS) is 13.5. The molecule has 1 aliphatic rings. The van der Waals surface area contributed by atoms with Crippen LogP contribution in [-0.2, 0) is 0 Å². The molecule has 3 nitrogen and oxygen atoms in total. The molecule has 0 fully saturated rings. The van der Waals surface area contributed by atoms with E-state index in [-0.39, 0.29) is 0 Å². The number of hydrogen-bond acceptors (Lipinski definition) is 3. The molecule has 1 aliphatic heterocycles. The van der Waals surface area contributed by atoms with Crippen molar-refractivity contribution in [1.82, 2.24) is 4.98 Å². The summed E-state index contributed by atoms with van der Waals surface area (Å²) in [7, 11) is 0. The van der Waals surface area contributed by atoms with Crippen molar-refractivity contribution in [3.05, 3.63) is 29.5 Å². The van der Waals surface area contributed by atoms with Crippen molar-refractivity contribution in [2.45, 2.75) is 13.8 Å². The lowest BCUT2D eigenvalue weighted by atomic mass is 10.1. The second-order valence-electron chi connectivity index (χ2n) is 3.79. The molecular weight excluding hydrogens is 190 g/mol. The summed E-state index contributed by atoms with van der Waals surface area (Å²) in [4.78, 5) is 4.52. The molecule has 3 rings (SSSR count). The Morgan fingerprint density at radius 3 is 2.60 bits per heavy atom. The predicted molar refractivity (Wildman–Crippen MR) is 57.3 cm³/mol. The van der Waals surface area contributed by atoms with Gasteiger partial charge in [0.1, 0.15) is 0 Å².